The van der Waals surface area contributed by atoms with Crippen LogP contribution in [0.15, 0.2) is 97.1 Å². The van der Waals surface area contributed by atoms with Crippen LogP contribution in [0.25, 0.3) is 33.4 Å². The zero-order valence-electron chi connectivity index (χ0n) is 13.7. The normalized spacial score (nSPS) is 11.5. The molecule has 0 N–H and O–H groups in total. The molecule has 0 aromatic heterocycles. The van der Waals surface area contributed by atoms with Crippen molar-refractivity contribution >= 4 is 11.4 Å². The average Bonchev–Trinajstić information content (AvgIpc) is 3.07. The molecular formula is C24H16N. The maximum atomic E-state index is 4.98. The van der Waals surface area contributed by atoms with Crippen molar-refractivity contribution in [2.75, 3.05) is 0 Å². The number of rotatable bonds is 2. The van der Waals surface area contributed by atoms with Crippen molar-refractivity contribution in [3.63, 3.8) is 0 Å². The molecule has 5 rings (SSSR count). The van der Waals surface area contributed by atoms with Gasteiger partial charge in [0.1, 0.15) is 0 Å². The summed E-state index contributed by atoms with van der Waals surface area (Å²) in [5, 5.41) is 4.98. The summed E-state index contributed by atoms with van der Waals surface area (Å²) in [6, 6.07) is 33.9. The predicted molar refractivity (Wildman–Crippen MR) is 104 cm³/mol. The molecule has 0 amide bonds. The number of para-hydroxylation sites is 1. The van der Waals surface area contributed by atoms with Crippen molar-refractivity contribution in [2.45, 2.75) is 0 Å². The Kier molecular flexibility index (Phi) is 3.17. The van der Waals surface area contributed by atoms with Gasteiger partial charge in [-0.25, -0.2) is 5.32 Å². The van der Waals surface area contributed by atoms with Gasteiger partial charge >= 0.3 is 0 Å². The highest BCUT2D eigenvalue weighted by atomic mass is 14.9. The molecule has 0 unspecified atom stereocenters. The lowest BCUT2D eigenvalue weighted by atomic mass is 9.90. The van der Waals surface area contributed by atoms with E-state index in [-0.39, 0.29) is 0 Å². The first-order valence-corrected chi connectivity index (χ1v) is 8.51. The smallest absolute Gasteiger partial charge is 0.0800 e. The van der Waals surface area contributed by atoms with Crippen molar-refractivity contribution in [3.05, 3.63) is 97.1 Å². The van der Waals surface area contributed by atoms with Gasteiger partial charge in [-0.2, -0.15) is 0 Å². The third-order valence-corrected chi connectivity index (χ3v) is 4.75. The van der Waals surface area contributed by atoms with Crippen LogP contribution in [-0.4, -0.2) is 0 Å². The molecule has 117 valence electrons. The molecule has 1 heterocycles. The first kappa shape index (κ1) is 14.1. The van der Waals surface area contributed by atoms with Crippen LogP contribution in [0.1, 0.15) is 0 Å². The van der Waals surface area contributed by atoms with Gasteiger partial charge in [0.05, 0.1) is 11.4 Å². The molecular weight excluding hydrogens is 302 g/mol. The van der Waals surface area contributed by atoms with E-state index in [2.05, 4.69) is 97.1 Å². The van der Waals surface area contributed by atoms with E-state index in [0.717, 1.165) is 11.4 Å². The first-order chi connectivity index (χ1) is 12.4. The maximum Gasteiger partial charge on any atom is 0.0800 e. The Morgan fingerprint density at radius 2 is 1.04 bits per heavy atom. The van der Waals surface area contributed by atoms with E-state index in [1.54, 1.807) is 0 Å². The van der Waals surface area contributed by atoms with Gasteiger partial charge in [0.25, 0.3) is 0 Å². The maximum absolute atomic E-state index is 4.98. The first-order valence-electron chi connectivity index (χ1n) is 8.51. The fourth-order valence-corrected chi connectivity index (χ4v) is 3.60. The topological polar surface area (TPSA) is 14.1 Å². The summed E-state index contributed by atoms with van der Waals surface area (Å²) in [6.45, 7) is 0. The second-order valence-corrected chi connectivity index (χ2v) is 6.25. The third kappa shape index (κ3) is 2.25. The lowest BCUT2D eigenvalue weighted by Gasteiger charge is -2.15. The molecule has 0 saturated carbocycles. The Labute approximate surface area is 147 Å². The monoisotopic (exact) mass is 318 g/mol. The highest BCUT2D eigenvalue weighted by molar-refractivity contribution is 6.03. The molecule has 0 saturated heterocycles. The minimum atomic E-state index is 1.06. The minimum absolute atomic E-state index is 1.06. The van der Waals surface area contributed by atoms with Crippen molar-refractivity contribution in [1.29, 1.82) is 0 Å². The number of nitrogens with zero attached hydrogens (tertiary/aromatic N) is 1. The molecule has 1 radical (unpaired) electrons. The third-order valence-electron chi connectivity index (χ3n) is 4.75. The van der Waals surface area contributed by atoms with Crippen LogP contribution in [0.3, 0.4) is 0 Å². The minimum Gasteiger partial charge on any atom is -0.247 e. The van der Waals surface area contributed by atoms with E-state index in [4.69, 9.17) is 5.32 Å². The lowest BCUT2D eigenvalue weighted by molar-refractivity contribution is 1.24. The summed E-state index contributed by atoms with van der Waals surface area (Å²) < 4.78 is 0. The van der Waals surface area contributed by atoms with E-state index >= 15 is 0 Å². The van der Waals surface area contributed by atoms with E-state index in [9.17, 15) is 0 Å². The number of hydrogen-bond acceptors (Lipinski definition) is 0. The van der Waals surface area contributed by atoms with E-state index in [1.165, 1.54) is 33.4 Å². The van der Waals surface area contributed by atoms with E-state index in [0.29, 0.717) is 0 Å². The SMILES string of the molecule is c1ccc(-c2ccc3c(c2-c2ccccc2)[N]c2ccccc2-3)cc1. The van der Waals surface area contributed by atoms with Crippen LogP contribution >= 0.6 is 0 Å². The summed E-state index contributed by atoms with van der Waals surface area (Å²) in [5.74, 6) is 0. The highest BCUT2D eigenvalue weighted by Gasteiger charge is 2.25. The van der Waals surface area contributed by atoms with Crippen LogP contribution in [0.4, 0.5) is 11.4 Å². The molecule has 0 spiro atoms. The van der Waals surface area contributed by atoms with Gasteiger partial charge in [-0.05, 0) is 22.8 Å². The molecule has 0 fully saturated rings. The molecule has 0 aliphatic carbocycles. The number of hydrogen-bond donors (Lipinski definition) is 0. The molecule has 1 heteroatoms. The molecule has 0 bridgehead atoms. The van der Waals surface area contributed by atoms with Gasteiger partial charge < -0.3 is 0 Å². The molecule has 1 aliphatic heterocycles. The van der Waals surface area contributed by atoms with Gasteiger partial charge in [-0.1, -0.05) is 91.0 Å². The van der Waals surface area contributed by atoms with Crippen molar-refractivity contribution < 1.29 is 0 Å². The lowest BCUT2D eigenvalue weighted by Crippen LogP contribution is -1.91. The fraction of sp³-hybridized carbons (Fsp3) is 0. The highest BCUT2D eigenvalue weighted by Crippen LogP contribution is 2.50. The largest absolute Gasteiger partial charge is 0.247 e. The molecule has 1 nitrogen and oxygen atoms in total. The summed E-state index contributed by atoms with van der Waals surface area (Å²) >= 11 is 0. The summed E-state index contributed by atoms with van der Waals surface area (Å²) in [4.78, 5) is 0. The standard InChI is InChI=1S/C24H16N/c1-3-9-17(10-4-1)19-15-16-21-20-13-7-8-14-22(20)25-24(21)23(19)18-11-5-2-6-12-18/h1-16H. The van der Waals surface area contributed by atoms with Gasteiger partial charge in [0.15, 0.2) is 0 Å². The Morgan fingerprint density at radius 1 is 0.440 bits per heavy atom. The summed E-state index contributed by atoms with van der Waals surface area (Å²) in [5.41, 5.74) is 9.42. The predicted octanol–water partition coefficient (Wildman–Crippen LogP) is 6.57. The van der Waals surface area contributed by atoms with Gasteiger partial charge in [0, 0.05) is 16.7 Å². The van der Waals surface area contributed by atoms with Crippen LogP contribution in [0, 0.1) is 0 Å². The van der Waals surface area contributed by atoms with E-state index < -0.39 is 0 Å². The van der Waals surface area contributed by atoms with Crippen LogP contribution in [0.2, 0.25) is 0 Å². The zero-order valence-corrected chi connectivity index (χ0v) is 13.7. The van der Waals surface area contributed by atoms with Crippen molar-refractivity contribution in [3.8, 4) is 33.4 Å². The number of fused-ring (bicyclic) bond motifs is 3. The fourth-order valence-electron chi connectivity index (χ4n) is 3.60. The molecule has 4 aromatic carbocycles. The Morgan fingerprint density at radius 3 is 1.80 bits per heavy atom. The second kappa shape index (κ2) is 5.64. The second-order valence-electron chi connectivity index (χ2n) is 6.25. The Hall–Kier alpha value is -3.32. The Bertz CT molecular complexity index is 1050. The van der Waals surface area contributed by atoms with Crippen LogP contribution in [0.5, 0.6) is 0 Å². The number of benzene rings is 4. The summed E-state index contributed by atoms with van der Waals surface area (Å²) in [7, 11) is 0. The van der Waals surface area contributed by atoms with Gasteiger partial charge in [0.2, 0.25) is 0 Å². The molecule has 4 aromatic rings. The molecule has 0 atom stereocenters. The zero-order chi connectivity index (χ0) is 16.6. The van der Waals surface area contributed by atoms with Crippen LogP contribution in [-0.2, 0) is 0 Å². The van der Waals surface area contributed by atoms with E-state index in [1.807, 2.05) is 0 Å². The average molecular weight is 318 g/mol. The Balaban J connectivity index is 1.82. The van der Waals surface area contributed by atoms with Crippen molar-refractivity contribution in [1.82, 2.24) is 5.32 Å². The van der Waals surface area contributed by atoms with Gasteiger partial charge in [-0.3, -0.25) is 0 Å². The van der Waals surface area contributed by atoms with Crippen molar-refractivity contribution in [2.24, 2.45) is 0 Å². The quantitative estimate of drug-likeness (QED) is 0.349. The molecule has 25 heavy (non-hydrogen) atoms. The molecule has 1 aliphatic rings. The summed E-state index contributed by atoms with van der Waals surface area (Å²) in [6.07, 6.45) is 0. The van der Waals surface area contributed by atoms with Crippen LogP contribution < -0.4 is 5.32 Å². The van der Waals surface area contributed by atoms with Gasteiger partial charge in [-0.15, -0.1) is 0 Å².